The minimum absolute atomic E-state index is 0.143. The lowest BCUT2D eigenvalue weighted by Gasteiger charge is -2.25. The number of hydrogen-bond donors (Lipinski definition) is 0. The van der Waals surface area contributed by atoms with Crippen molar-refractivity contribution in [2.45, 2.75) is 22.1 Å². The van der Waals surface area contributed by atoms with Crippen molar-refractivity contribution in [3.8, 4) is 0 Å². The first kappa shape index (κ1) is 17.2. The molecule has 0 radical (unpaired) electrons. The molecule has 22 heavy (non-hydrogen) atoms. The predicted octanol–water partition coefficient (Wildman–Crippen LogP) is 0.756. The molecule has 1 aliphatic heterocycles. The minimum Gasteiger partial charge on any atom is -0.468 e. The predicted molar refractivity (Wildman–Crippen MR) is 81.1 cm³/mol. The van der Waals surface area contributed by atoms with E-state index in [0.29, 0.717) is 31.3 Å². The number of esters is 1. The van der Waals surface area contributed by atoms with Gasteiger partial charge in [0.05, 0.1) is 25.3 Å². The molecule has 0 spiro atoms. The summed E-state index contributed by atoms with van der Waals surface area (Å²) in [5.41, 5.74) is 0. The normalized spacial score (nSPS) is 17.9. The summed E-state index contributed by atoms with van der Waals surface area (Å²) in [6, 6.07) is 3.10. The third kappa shape index (κ3) is 3.97. The number of morpholine rings is 1. The van der Waals surface area contributed by atoms with Crippen LogP contribution in [0.2, 0.25) is 0 Å². The molecule has 0 aliphatic carbocycles. The molecule has 2 heterocycles. The van der Waals surface area contributed by atoms with Crippen molar-refractivity contribution in [3.05, 3.63) is 18.3 Å². The molecule has 1 fully saturated rings. The maximum Gasteiger partial charge on any atom is 0.318 e. The number of hydrogen-bond acceptors (Lipinski definition) is 7. The number of pyridine rings is 1. The van der Waals surface area contributed by atoms with Crippen molar-refractivity contribution in [2.75, 3.05) is 33.4 Å². The lowest BCUT2D eigenvalue weighted by Crippen LogP contribution is -2.40. The molecule has 9 heteroatoms. The van der Waals surface area contributed by atoms with Gasteiger partial charge >= 0.3 is 5.97 Å². The quantitative estimate of drug-likeness (QED) is 0.574. The van der Waals surface area contributed by atoms with Gasteiger partial charge in [0.2, 0.25) is 10.0 Å². The van der Waals surface area contributed by atoms with Gasteiger partial charge in [-0.15, -0.1) is 0 Å². The molecule has 122 valence electrons. The molecule has 2 rings (SSSR count). The van der Waals surface area contributed by atoms with Crippen LogP contribution in [0.1, 0.15) is 6.92 Å². The van der Waals surface area contributed by atoms with Crippen molar-refractivity contribution in [3.63, 3.8) is 0 Å². The first-order chi connectivity index (χ1) is 10.4. The number of sulfonamides is 1. The van der Waals surface area contributed by atoms with Gasteiger partial charge in [0.25, 0.3) is 0 Å². The Labute approximate surface area is 134 Å². The molecule has 7 nitrogen and oxygen atoms in total. The summed E-state index contributed by atoms with van der Waals surface area (Å²) < 4.78 is 36.0. The zero-order valence-electron chi connectivity index (χ0n) is 12.4. The van der Waals surface area contributed by atoms with Crippen LogP contribution in [0.5, 0.6) is 0 Å². The summed E-state index contributed by atoms with van der Waals surface area (Å²) >= 11 is 1.22. The van der Waals surface area contributed by atoms with Gasteiger partial charge in [-0.05, 0) is 19.1 Å². The van der Waals surface area contributed by atoms with E-state index in [1.54, 1.807) is 13.0 Å². The Balaban J connectivity index is 2.09. The molecule has 0 amide bonds. The van der Waals surface area contributed by atoms with Crippen LogP contribution < -0.4 is 0 Å². The third-order valence-corrected chi connectivity index (χ3v) is 6.06. The topological polar surface area (TPSA) is 85.8 Å². The van der Waals surface area contributed by atoms with Crippen molar-refractivity contribution >= 4 is 27.8 Å². The molecule has 0 aromatic carbocycles. The van der Waals surface area contributed by atoms with Crippen LogP contribution >= 0.6 is 11.8 Å². The number of methoxy groups -OCH3 is 1. The largest absolute Gasteiger partial charge is 0.468 e. The fourth-order valence-electron chi connectivity index (χ4n) is 1.92. The number of carbonyl (C=O) groups excluding carboxylic acids is 1. The summed E-state index contributed by atoms with van der Waals surface area (Å²) in [5.74, 6) is -0.350. The second kappa shape index (κ2) is 7.40. The minimum atomic E-state index is -3.54. The van der Waals surface area contributed by atoms with Gasteiger partial charge in [-0.3, -0.25) is 4.79 Å². The maximum atomic E-state index is 12.4. The number of thioether (sulfide) groups is 1. The van der Waals surface area contributed by atoms with Crippen molar-refractivity contribution in [1.82, 2.24) is 9.29 Å². The van der Waals surface area contributed by atoms with E-state index < -0.39 is 15.3 Å². The highest BCUT2D eigenvalue weighted by Gasteiger charge is 2.26. The van der Waals surface area contributed by atoms with Crippen molar-refractivity contribution < 1.29 is 22.7 Å². The average molecular weight is 346 g/mol. The van der Waals surface area contributed by atoms with Gasteiger partial charge in [0, 0.05) is 19.3 Å². The van der Waals surface area contributed by atoms with Gasteiger partial charge in [-0.1, -0.05) is 11.8 Å². The van der Waals surface area contributed by atoms with Gasteiger partial charge < -0.3 is 9.47 Å². The fraction of sp³-hybridized carbons (Fsp3) is 0.538. The lowest BCUT2D eigenvalue weighted by atomic mass is 10.5. The Morgan fingerprint density at radius 3 is 2.64 bits per heavy atom. The van der Waals surface area contributed by atoms with E-state index in [0.717, 1.165) is 0 Å². The molecule has 0 N–H and O–H groups in total. The van der Waals surface area contributed by atoms with Crippen LogP contribution in [0.15, 0.2) is 28.3 Å². The summed E-state index contributed by atoms with van der Waals surface area (Å²) in [6.45, 7) is 3.20. The molecule has 1 aromatic heterocycles. The van der Waals surface area contributed by atoms with E-state index in [1.807, 2.05) is 0 Å². The SMILES string of the molecule is COC(=O)C(C)Sc1ccc(S(=O)(=O)N2CCOCC2)cn1. The van der Waals surface area contributed by atoms with E-state index in [1.165, 1.54) is 35.4 Å². The Bertz CT molecular complexity index is 612. The molecule has 1 atom stereocenters. The van der Waals surface area contributed by atoms with Crippen LogP contribution in [0.4, 0.5) is 0 Å². The van der Waals surface area contributed by atoms with Crippen LogP contribution in [0.3, 0.4) is 0 Å². The fourth-order valence-corrected chi connectivity index (χ4v) is 4.09. The maximum absolute atomic E-state index is 12.4. The number of nitrogens with zero attached hydrogens (tertiary/aromatic N) is 2. The van der Waals surface area contributed by atoms with E-state index >= 15 is 0 Å². The molecule has 1 aliphatic rings. The third-order valence-electron chi connectivity index (χ3n) is 3.15. The van der Waals surface area contributed by atoms with Gasteiger partial charge in [0.15, 0.2) is 0 Å². The Morgan fingerprint density at radius 1 is 1.41 bits per heavy atom. The Hall–Kier alpha value is -1.16. The second-order valence-electron chi connectivity index (χ2n) is 4.63. The standard InChI is InChI=1S/C13H18N2O5S2/c1-10(13(16)19-2)21-12-4-3-11(9-14-12)22(17,18)15-5-7-20-8-6-15/h3-4,9-10H,5-8H2,1-2H3. The number of ether oxygens (including phenoxy) is 2. The molecular formula is C13H18N2O5S2. The molecule has 1 saturated heterocycles. The Morgan fingerprint density at radius 2 is 2.09 bits per heavy atom. The summed E-state index contributed by atoms with van der Waals surface area (Å²) in [6.07, 6.45) is 1.32. The van der Waals surface area contributed by atoms with E-state index in [4.69, 9.17) is 4.74 Å². The van der Waals surface area contributed by atoms with Crippen LogP contribution in [0, 0.1) is 0 Å². The monoisotopic (exact) mass is 346 g/mol. The van der Waals surface area contributed by atoms with E-state index in [2.05, 4.69) is 9.72 Å². The first-order valence-electron chi connectivity index (χ1n) is 6.73. The highest BCUT2D eigenvalue weighted by Crippen LogP contribution is 2.24. The Kier molecular flexibility index (Phi) is 5.79. The molecule has 0 bridgehead atoms. The van der Waals surface area contributed by atoms with Gasteiger partial charge in [-0.2, -0.15) is 4.31 Å². The number of carbonyl (C=O) groups is 1. The van der Waals surface area contributed by atoms with Gasteiger partial charge in [-0.25, -0.2) is 13.4 Å². The first-order valence-corrected chi connectivity index (χ1v) is 9.05. The highest BCUT2D eigenvalue weighted by atomic mass is 32.2. The number of aromatic nitrogens is 1. The summed E-state index contributed by atoms with van der Waals surface area (Å²) in [5, 5.41) is 0.165. The van der Waals surface area contributed by atoms with E-state index in [-0.39, 0.29) is 10.9 Å². The smallest absolute Gasteiger partial charge is 0.318 e. The van der Waals surface area contributed by atoms with Crippen LogP contribution in [0.25, 0.3) is 0 Å². The van der Waals surface area contributed by atoms with Crippen molar-refractivity contribution in [2.24, 2.45) is 0 Å². The number of rotatable bonds is 5. The average Bonchev–Trinajstić information content (AvgIpc) is 2.55. The molecular weight excluding hydrogens is 328 g/mol. The molecule has 1 aromatic rings. The highest BCUT2D eigenvalue weighted by molar-refractivity contribution is 8.00. The summed E-state index contributed by atoms with van der Waals surface area (Å²) in [7, 11) is -2.21. The zero-order valence-corrected chi connectivity index (χ0v) is 14.0. The second-order valence-corrected chi connectivity index (χ2v) is 7.93. The van der Waals surface area contributed by atoms with Gasteiger partial charge in [0.1, 0.15) is 10.1 Å². The molecule has 1 unspecified atom stereocenters. The van der Waals surface area contributed by atoms with E-state index in [9.17, 15) is 13.2 Å². The summed E-state index contributed by atoms with van der Waals surface area (Å²) in [4.78, 5) is 15.6. The van der Waals surface area contributed by atoms with Crippen LogP contribution in [-0.4, -0.2) is 62.3 Å². The molecule has 0 saturated carbocycles. The van der Waals surface area contributed by atoms with Crippen LogP contribution in [-0.2, 0) is 24.3 Å². The zero-order chi connectivity index (χ0) is 16.2. The van der Waals surface area contributed by atoms with Crippen molar-refractivity contribution in [1.29, 1.82) is 0 Å². The lowest BCUT2D eigenvalue weighted by molar-refractivity contribution is -0.139.